The number of hydrogen-bond donors (Lipinski definition) is 1. The van der Waals surface area contributed by atoms with Crippen LogP contribution in [0.5, 0.6) is 0 Å². The lowest BCUT2D eigenvalue weighted by Crippen LogP contribution is -2.35. The Balaban J connectivity index is 1.59. The summed E-state index contributed by atoms with van der Waals surface area (Å²) in [4.78, 5) is 14.7. The highest BCUT2D eigenvalue weighted by Crippen LogP contribution is 2.21. The Morgan fingerprint density at radius 1 is 1.15 bits per heavy atom. The lowest BCUT2D eigenvalue weighted by Gasteiger charge is -2.26. The first-order valence-corrected chi connectivity index (χ1v) is 10.7. The zero-order valence-corrected chi connectivity index (χ0v) is 16.1. The molecule has 1 saturated heterocycles. The van der Waals surface area contributed by atoms with E-state index in [0.29, 0.717) is 10.6 Å². The van der Waals surface area contributed by atoms with Crippen molar-refractivity contribution in [2.24, 2.45) is 0 Å². The minimum atomic E-state index is -3.50. The maximum absolute atomic E-state index is 12.1. The summed E-state index contributed by atoms with van der Waals surface area (Å²) in [6.45, 7) is 2.67. The molecule has 2 heterocycles. The van der Waals surface area contributed by atoms with E-state index < -0.39 is 10.0 Å². The van der Waals surface area contributed by atoms with E-state index in [4.69, 9.17) is 0 Å². The molecule has 1 aromatic carbocycles. The Morgan fingerprint density at radius 3 is 2.58 bits per heavy atom. The van der Waals surface area contributed by atoms with Crippen molar-refractivity contribution in [3.05, 3.63) is 46.8 Å². The van der Waals surface area contributed by atoms with Gasteiger partial charge in [-0.25, -0.2) is 8.42 Å². The molecule has 136 valence electrons. The highest BCUT2D eigenvalue weighted by molar-refractivity contribution is 7.91. The Morgan fingerprint density at radius 2 is 1.92 bits per heavy atom. The van der Waals surface area contributed by atoms with Gasteiger partial charge in [-0.2, -0.15) is 4.72 Å². The summed E-state index contributed by atoms with van der Waals surface area (Å²) in [5.41, 5.74) is 1.67. The normalized spacial score (nSPS) is 14.8. The average molecular weight is 389 g/mol. The number of amides is 1. The van der Waals surface area contributed by atoms with E-state index >= 15 is 0 Å². The Hall–Kier alpha value is -2.14. The van der Waals surface area contributed by atoms with Gasteiger partial charge in [-0.05, 0) is 56.2 Å². The number of carbonyl (C=O) groups excluding carboxylic acids is 1. The fourth-order valence-corrected chi connectivity index (χ4v) is 4.96. The molecule has 1 aromatic heterocycles. The topological polar surface area (TPSA) is 66.5 Å². The maximum atomic E-state index is 12.1. The molecule has 1 aliphatic rings. The van der Waals surface area contributed by atoms with E-state index in [-0.39, 0.29) is 12.5 Å². The quantitative estimate of drug-likeness (QED) is 0.819. The predicted octanol–water partition coefficient (Wildman–Crippen LogP) is 2.90. The summed E-state index contributed by atoms with van der Waals surface area (Å²) in [7, 11) is -3.50. The first-order valence-electron chi connectivity index (χ1n) is 8.41. The minimum Gasteiger partial charge on any atom is -0.312 e. The number of anilines is 1. The summed E-state index contributed by atoms with van der Waals surface area (Å²) >= 11 is 1.23. The number of piperidine rings is 1. The fraction of sp³-hybridized carbons (Fsp3) is 0.316. The van der Waals surface area contributed by atoms with Gasteiger partial charge in [0.1, 0.15) is 4.21 Å². The van der Waals surface area contributed by atoms with Gasteiger partial charge in [-0.15, -0.1) is 11.3 Å². The summed E-state index contributed by atoms with van der Waals surface area (Å²) in [6, 6.07) is 10.8. The number of carbonyl (C=O) groups is 1. The van der Waals surface area contributed by atoms with Gasteiger partial charge in [-0.1, -0.05) is 11.8 Å². The van der Waals surface area contributed by atoms with Gasteiger partial charge in [-0.3, -0.25) is 4.79 Å². The number of benzene rings is 1. The highest BCUT2D eigenvalue weighted by Gasteiger charge is 2.19. The van der Waals surface area contributed by atoms with Crippen molar-refractivity contribution in [1.82, 2.24) is 4.72 Å². The van der Waals surface area contributed by atoms with Crippen LogP contribution in [0.1, 0.15) is 29.7 Å². The molecule has 1 aliphatic heterocycles. The zero-order valence-electron chi connectivity index (χ0n) is 14.5. The lowest BCUT2D eigenvalue weighted by molar-refractivity contribution is -0.119. The van der Waals surface area contributed by atoms with Crippen molar-refractivity contribution < 1.29 is 13.2 Å². The van der Waals surface area contributed by atoms with Gasteiger partial charge in [0, 0.05) is 29.1 Å². The van der Waals surface area contributed by atoms with Crippen LogP contribution < -0.4 is 9.62 Å². The molecule has 1 fully saturated rings. The van der Waals surface area contributed by atoms with Crippen LogP contribution in [0.25, 0.3) is 0 Å². The van der Waals surface area contributed by atoms with Gasteiger partial charge in [0.15, 0.2) is 0 Å². The van der Waals surface area contributed by atoms with Crippen LogP contribution in [0.4, 0.5) is 5.69 Å². The molecule has 5 nitrogen and oxygen atoms in total. The van der Waals surface area contributed by atoms with Crippen molar-refractivity contribution in [2.75, 3.05) is 18.0 Å². The van der Waals surface area contributed by atoms with Gasteiger partial charge in [0.25, 0.3) is 10.0 Å². The molecular formula is C19H20N2O3S2. The SMILES string of the molecule is Cc1ccc(S(=O)(=O)NCC#Cc2ccc(N3CCCCC3=O)cc2)s1. The summed E-state index contributed by atoms with van der Waals surface area (Å²) in [5.74, 6) is 5.92. The van der Waals surface area contributed by atoms with E-state index in [9.17, 15) is 13.2 Å². The largest absolute Gasteiger partial charge is 0.312 e. The number of aryl methyl sites for hydroxylation is 1. The van der Waals surface area contributed by atoms with Gasteiger partial charge in [0.2, 0.25) is 5.91 Å². The van der Waals surface area contributed by atoms with Crippen molar-refractivity contribution >= 4 is 33.0 Å². The monoisotopic (exact) mass is 388 g/mol. The molecule has 2 aromatic rings. The molecule has 3 rings (SSSR count). The van der Waals surface area contributed by atoms with Crippen LogP contribution in [-0.2, 0) is 14.8 Å². The minimum absolute atomic E-state index is 0.0473. The highest BCUT2D eigenvalue weighted by atomic mass is 32.2. The first kappa shape index (κ1) is 18.6. The second-order valence-corrected chi connectivity index (χ2v) is 9.32. The van der Waals surface area contributed by atoms with Crippen LogP contribution >= 0.6 is 11.3 Å². The number of rotatable bonds is 4. The molecule has 7 heteroatoms. The van der Waals surface area contributed by atoms with Crippen LogP contribution in [0.15, 0.2) is 40.6 Å². The zero-order chi connectivity index (χ0) is 18.6. The van der Waals surface area contributed by atoms with Crippen molar-refractivity contribution in [2.45, 2.75) is 30.4 Å². The molecule has 0 spiro atoms. The molecule has 0 atom stereocenters. The summed E-state index contributed by atoms with van der Waals surface area (Å²) in [5, 5.41) is 0. The van der Waals surface area contributed by atoms with E-state index in [1.807, 2.05) is 31.2 Å². The summed E-state index contributed by atoms with van der Waals surface area (Å²) in [6.07, 6.45) is 2.59. The Labute approximate surface area is 158 Å². The van der Waals surface area contributed by atoms with Crippen LogP contribution in [0.3, 0.4) is 0 Å². The van der Waals surface area contributed by atoms with Crippen LogP contribution in [0.2, 0.25) is 0 Å². The molecule has 0 radical (unpaired) electrons. The third-order valence-corrected chi connectivity index (χ3v) is 6.96. The number of nitrogens with zero attached hydrogens (tertiary/aromatic N) is 1. The van der Waals surface area contributed by atoms with Gasteiger partial charge in [0.05, 0.1) is 6.54 Å². The molecule has 26 heavy (non-hydrogen) atoms. The molecule has 1 amide bonds. The van der Waals surface area contributed by atoms with Gasteiger partial charge < -0.3 is 4.90 Å². The van der Waals surface area contributed by atoms with Crippen LogP contribution in [0, 0.1) is 18.8 Å². The smallest absolute Gasteiger partial charge is 0.250 e. The average Bonchev–Trinajstić information content (AvgIpc) is 3.07. The lowest BCUT2D eigenvalue weighted by atomic mass is 10.1. The third-order valence-electron chi connectivity index (χ3n) is 4.07. The maximum Gasteiger partial charge on any atom is 0.250 e. The van der Waals surface area contributed by atoms with E-state index in [1.165, 1.54) is 11.3 Å². The summed E-state index contributed by atoms with van der Waals surface area (Å²) < 4.78 is 27.0. The van der Waals surface area contributed by atoms with Crippen molar-refractivity contribution in [1.29, 1.82) is 0 Å². The fourth-order valence-electron chi connectivity index (χ4n) is 2.71. The van der Waals surface area contributed by atoms with Gasteiger partial charge >= 0.3 is 0 Å². The molecular weight excluding hydrogens is 368 g/mol. The van der Waals surface area contributed by atoms with Crippen LogP contribution in [-0.4, -0.2) is 27.4 Å². The standard InChI is InChI=1S/C19H20N2O3S2/c1-15-7-12-19(25-15)26(23,24)20-13-4-5-16-8-10-17(11-9-16)21-14-3-2-6-18(21)22/h7-12,20H,2-3,6,13-14H2,1H3. The molecule has 0 saturated carbocycles. The molecule has 0 unspecified atom stereocenters. The second-order valence-electron chi connectivity index (χ2n) is 6.04. The number of sulfonamides is 1. The second kappa shape index (κ2) is 8.04. The van der Waals surface area contributed by atoms with E-state index in [0.717, 1.165) is 35.5 Å². The molecule has 0 aliphatic carbocycles. The van der Waals surface area contributed by atoms with Crippen molar-refractivity contribution in [3.63, 3.8) is 0 Å². The van der Waals surface area contributed by atoms with E-state index in [1.54, 1.807) is 17.0 Å². The molecule has 0 bridgehead atoms. The Kier molecular flexibility index (Phi) is 5.77. The third kappa shape index (κ3) is 4.52. The first-order chi connectivity index (χ1) is 12.5. The predicted molar refractivity (Wildman–Crippen MR) is 104 cm³/mol. The molecule has 1 N–H and O–H groups in total. The Bertz CT molecular complexity index is 951. The number of nitrogens with one attached hydrogen (secondary N) is 1. The van der Waals surface area contributed by atoms with Crippen molar-refractivity contribution in [3.8, 4) is 11.8 Å². The van der Waals surface area contributed by atoms with E-state index in [2.05, 4.69) is 16.6 Å². The number of thiophene rings is 1. The number of hydrogen-bond acceptors (Lipinski definition) is 4.